The maximum atomic E-state index is 14.7. The minimum atomic E-state index is -0.864. The van der Waals surface area contributed by atoms with Gasteiger partial charge in [0.15, 0.2) is 0 Å². The molecule has 3 aromatic rings. The summed E-state index contributed by atoms with van der Waals surface area (Å²) in [6, 6.07) is 11.2. The molecule has 28 heavy (non-hydrogen) atoms. The molecule has 0 N–H and O–H groups in total. The van der Waals surface area contributed by atoms with Gasteiger partial charge < -0.3 is 9.64 Å². The molecule has 6 heteroatoms. The summed E-state index contributed by atoms with van der Waals surface area (Å²) in [6.07, 6.45) is 0.539. The number of hydrogen-bond donors (Lipinski definition) is 0. The van der Waals surface area contributed by atoms with E-state index in [1.807, 2.05) is 6.07 Å². The van der Waals surface area contributed by atoms with Gasteiger partial charge in [0, 0.05) is 18.3 Å². The van der Waals surface area contributed by atoms with Crippen LogP contribution in [-0.2, 0) is 6.42 Å². The van der Waals surface area contributed by atoms with Crippen LogP contribution in [0.1, 0.15) is 22.7 Å². The second-order valence-electron chi connectivity index (χ2n) is 6.67. The van der Waals surface area contributed by atoms with Gasteiger partial charge in [-0.2, -0.15) is 0 Å². The molecule has 0 saturated carbocycles. The number of nitrogens with zero attached hydrogens (tertiary/aromatic N) is 1. The molecule has 0 radical (unpaired) electrons. The Morgan fingerprint density at radius 2 is 1.57 bits per heavy atom. The van der Waals surface area contributed by atoms with Crippen LogP contribution in [-0.4, -0.2) is 13.7 Å². The summed E-state index contributed by atoms with van der Waals surface area (Å²) in [4.78, 5) is 1.63. The van der Waals surface area contributed by atoms with Crippen molar-refractivity contribution in [3.05, 3.63) is 94.6 Å². The van der Waals surface area contributed by atoms with Crippen molar-refractivity contribution in [2.75, 3.05) is 18.6 Å². The number of benzene rings is 3. The van der Waals surface area contributed by atoms with Gasteiger partial charge in [-0.15, -0.1) is 0 Å². The first kappa shape index (κ1) is 18.3. The Kier molecular flexibility index (Phi) is 4.71. The minimum Gasteiger partial charge on any atom is -0.497 e. The van der Waals surface area contributed by atoms with Gasteiger partial charge in [-0.25, -0.2) is 17.6 Å². The highest BCUT2D eigenvalue weighted by atomic mass is 19.1. The highest BCUT2D eigenvalue weighted by Crippen LogP contribution is 2.41. The van der Waals surface area contributed by atoms with Crippen LogP contribution in [0.25, 0.3) is 0 Å². The van der Waals surface area contributed by atoms with Crippen molar-refractivity contribution in [1.29, 1.82) is 0 Å². The van der Waals surface area contributed by atoms with Gasteiger partial charge >= 0.3 is 0 Å². The van der Waals surface area contributed by atoms with E-state index in [9.17, 15) is 17.6 Å². The van der Waals surface area contributed by atoms with Gasteiger partial charge in [0.2, 0.25) is 0 Å². The van der Waals surface area contributed by atoms with E-state index in [1.165, 1.54) is 30.3 Å². The van der Waals surface area contributed by atoms with E-state index in [0.29, 0.717) is 24.3 Å². The zero-order valence-corrected chi connectivity index (χ0v) is 15.1. The lowest BCUT2D eigenvalue weighted by atomic mass is 9.87. The van der Waals surface area contributed by atoms with Crippen LogP contribution in [0.4, 0.5) is 23.2 Å². The van der Waals surface area contributed by atoms with Crippen LogP contribution in [0.5, 0.6) is 5.75 Å². The van der Waals surface area contributed by atoms with E-state index in [0.717, 1.165) is 11.6 Å². The third-order valence-electron chi connectivity index (χ3n) is 5.03. The van der Waals surface area contributed by atoms with Crippen LogP contribution in [0.15, 0.2) is 54.6 Å². The van der Waals surface area contributed by atoms with Gasteiger partial charge in [0.25, 0.3) is 0 Å². The molecule has 1 aliphatic heterocycles. The van der Waals surface area contributed by atoms with E-state index in [1.54, 1.807) is 24.1 Å². The molecule has 0 saturated heterocycles. The number of fused-ring (bicyclic) bond motifs is 1. The van der Waals surface area contributed by atoms with E-state index in [2.05, 4.69) is 0 Å². The van der Waals surface area contributed by atoms with Gasteiger partial charge in [0.05, 0.1) is 18.7 Å². The summed E-state index contributed by atoms with van der Waals surface area (Å²) in [5.74, 6) is -2.28. The molecular weight excluding hydrogens is 370 g/mol. The molecule has 4 rings (SSSR count). The Morgan fingerprint density at radius 3 is 2.21 bits per heavy atom. The van der Waals surface area contributed by atoms with Gasteiger partial charge in [0.1, 0.15) is 29.0 Å². The predicted molar refractivity (Wildman–Crippen MR) is 98.6 cm³/mol. The zero-order valence-electron chi connectivity index (χ0n) is 15.1. The molecule has 0 fully saturated rings. The lowest BCUT2D eigenvalue weighted by Crippen LogP contribution is -2.37. The quantitative estimate of drug-likeness (QED) is 0.558. The molecule has 0 amide bonds. The maximum absolute atomic E-state index is 14.7. The molecule has 1 aliphatic rings. The zero-order chi connectivity index (χ0) is 19.8. The van der Waals surface area contributed by atoms with Crippen LogP contribution < -0.4 is 9.64 Å². The molecule has 0 unspecified atom stereocenters. The lowest BCUT2D eigenvalue weighted by Gasteiger charge is -2.39. The van der Waals surface area contributed by atoms with E-state index < -0.39 is 29.3 Å². The van der Waals surface area contributed by atoms with Crippen molar-refractivity contribution in [2.24, 2.45) is 0 Å². The summed E-state index contributed by atoms with van der Waals surface area (Å²) >= 11 is 0. The number of ether oxygens (including phenoxy) is 1. The van der Waals surface area contributed by atoms with Crippen LogP contribution in [0.2, 0.25) is 0 Å². The first-order valence-corrected chi connectivity index (χ1v) is 8.81. The second kappa shape index (κ2) is 7.19. The Balaban J connectivity index is 1.93. The third-order valence-corrected chi connectivity index (χ3v) is 5.03. The molecule has 1 heterocycles. The van der Waals surface area contributed by atoms with Crippen molar-refractivity contribution in [2.45, 2.75) is 12.5 Å². The number of methoxy groups -OCH3 is 1. The minimum absolute atomic E-state index is 0.154. The Morgan fingerprint density at radius 1 is 0.893 bits per heavy atom. The van der Waals surface area contributed by atoms with Crippen LogP contribution >= 0.6 is 0 Å². The maximum Gasteiger partial charge on any atom is 0.131 e. The van der Waals surface area contributed by atoms with E-state index in [-0.39, 0.29) is 11.3 Å². The Labute approximate surface area is 160 Å². The second-order valence-corrected chi connectivity index (χ2v) is 6.67. The fourth-order valence-electron chi connectivity index (χ4n) is 3.80. The molecular formula is C22H17F4NO. The van der Waals surface area contributed by atoms with Crippen molar-refractivity contribution < 1.29 is 22.3 Å². The first-order chi connectivity index (χ1) is 13.5. The monoisotopic (exact) mass is 387 g/mol. The topological polar surface area (TPSA) is 12.5 Å². The summed E-state index contributed by atoms with van der Waals surface area (Å²) in [6.45, 7) is 0.335. The van der Waals surface area contributed by atoms with E-state index >= 15 is 0 Å². The van der Waals surface area contributed by atoms with Crippen molar-refractivity contribution in [3.8, 4) is 5.75 Å². The van der Waals surface area contributed by atoms with E-state index in [4.69, 9.17) is 4.74 Å². The summed E-state index contributed by atoms with van der Waals surface area (Å²) < 4.78 is 62.3. The number of anilines is 1. The Hall–Kier alpha value is -3.02. The smallest absolute Gasteiger partial charge is 0.131 e. The largest absolute Gasteiger partial charge is 0.497 e. The standard InChI is InChI=1S/C22H17F4NO/c1-28-17-5-6-18-13(9-17)7-8-27(16-11-14(23)10-15(24)12-16)22(18)21-19(25)3-2-4-20(21)26/h2-6,9-12,22H,7-8H2,1H3/t22-/m0/s1. The number of halogens is 4. The molecule has 2 nitrogen and oxygen atoms in total. The fraction of sp³-hybridized carbons (Fsp3) is 0.182. The fourth-order valence-corrected chi connectivity index (χ4v) is 3.80. The molecule has 0 aromatic heterocycles. The van der Waals surface area contributed by atoms with Crippen molar-refractivity contribution >= 4 is 5.69 Å². The predicted octanol–water partition coefficient (Wildman–Crippen LogP) is 5.40. The van der Waals surface area contributed by atoms with Crippen molar-refractivity contribution in [3.63, 3.8) is 0 Å². The molecule has 0 aliphatic carbocycles. The highest BCUT2D eigenvalue weighted by molar-refractivity contribution is 5.57. The molecule has 3 aromatic carbocycles. The Bertz CT molecular complexity index is 997. The summed E-state index contributed by atoms with van der Waals surface area (Å²) in [5, 5.41) is 0. The highest BCUT2D eigenvalue weighted by Gasteiger charge is 2.33. The summed E-state index contributed by atoms with van der Waals surface area (Å²) in [5.41, 5.74) is 1.62. The summed E-state index contributed by atoms with van der Waals surface area (Å²) in [7, 11) is 1.54. The SMILES string of the molecule is COc1ccc2c(c1)CCN(c1cc(F)cc(F)c1)[C@@H]2c1c(F)cccc1F. The molecule has 1 atom stereocenters. The lowest BCUT2D eigenvalue weighted by molar-refractivity contribution is 0.413. The average molecular weight is 387 g/mol. The molecule has 0 bridgehead atoms. The first-order valence-electron chi connectivity index (χ1n) is 8.81. The van der Waals surface area contributed by atoms with Crippen LogP contribution in [0.3, 0.4) is 0 Å². The molecule has 0 spiro atoms. The van der Waals surface area contributed by atoms with Crippen LogP contribution in [0, 0.1) is 23.3 Å². The third kappa shape index (κ3) is 3.19. The number of hydrogen-bond acceptors (Lipinski definition) is 2. The average Bonchev–Trinajstić information content (AvgIpc) is 2.66. The van der Waals surface area contributed by atoms with Gasteiger partial charge in [-0.05, 0) is 53.9 Å². The van der Waals surface area contributed by atoms with Crippen molar-refractivity contribution in [1.82, 2.24) is 0 Å². The number of rotatable bonds is 3. The normalized spacial score (nSPS) is 16.0. The van der Waals surface area contributed by atoms with Gasteiger partial charge in [-0.3, -0.25) is 0 Å². The van der Waals surface area contributed by atoms with Gasteiger partial charge in [-0.1, -0.05) is 12.1 Å². The molecule has 144 valence electrons.